The number of nitrogens with zero attached hydrogens (tertiary/aromatic N) is 1. The second-order valence-electron chi connectivity index (χ2n) is 5.00. The van der Waals surface area contributed by atoms with Gasteiger partial charge in [0.05, 0.1) is 5.69 Å². The van der Waals surface area contributed by atoms with E-state index in [9.17, 15) is 5.11 Å². The van der Waals surface area contributed by atoms with Gasteiger partial charge in [-0.15, -0.1) is 0 Å². The molecule has 4 heteroatoms. The van der Waals surface area contributed by atoms with Crippen LogP contribution in [0.3, 0.4) is 0 Å². The Kier molecular flexibility index (Phi) is 4.99. The minimum atomic E-state index is 0.230. The molecular formula is C16H19ClN2O. The molecule has 1 aromatic heterocycles. The third-order valence-electron chi connectivity index (χ3n) is 3.19. The molecule has 0 spiro atoms. The van der Waals surface area contributed by atoms with E-state index in [-0.39, 0.29) is 11.8 Å². The van der Waals surface area contributed by atoms with E-state index < -0.39 is 0 Å². The first-order valence-corrected chi connectivity index (χ1v) is 7.06. The molecule has 0 radical (unpaired) electrons. The molecule has 0 fully saturated rings. The maximum absolute atomic E-state index is 9.76. The Labute approximate surface area is 124 Å². The molecule has 20 heavy (non-hydrogen) atoms. The van der Waals surface area contributed by atoms with Gasteiger partial charge in [0.1, 0.15) is 5.75 Å². The standard InChI is InChI=1S/C16H19ClN2O/c1-11-7-8-16(20)15(19-11)10-18-12(2)9-13-5-3-4-6-14(13)17/h3-8,12,18,20H,9-10H2,1-2H3. The smallest absolute Gasteiger partial charge is 0.138 e. The van der Waals surface area contributed by atoms with Crippen molar-refractivity contribution in [2.75, 3.05) is 0 Å². The van der Waals surface area contributed by atoms with Gasteiger partial charge in [-0.2, -0.15) is 0 Å². The topological polar surface area (TPSA) is 45.1 Å². The Morgan fingerprint density at radius 1 is 1.25 bits per heavy atom. The highest BCUT2D eigenvalue weighted by Crippen LogP contribution is 2.18. The second kappa shape index (κ2) is 6.73. The van der Waals surface area contributed by atoms with Crippen molar-refractivity contribution in [1.82, 2.24) is 10.3 Å². The van der Waals surface area contributed by atoms with Crippen LogP contribution in [-0.2, 0) is 13.0 Å². The fraction of sp³-hybridized carbons (Fsp3) is 0.312. The highest BCUT2D eigenvalue weighted by atomic mass is 35.5. The molecule has 0 saturated heterocycles. The third-order valence-corrected chi connectivity index (χ3v) is 3.56. The summed E-state index contributed by atoms with van der Waals surface area (Å²) in [6.45, 7) is 4.55. The number of nitrogens with one attached hydrogen (secondary N) is 1. The van der Waals surface area contributed by atoms with Crippen molar-refractivity contribution in [2.45, 2.75) is 32.9 Å². The molecule has 0 amide bonds. The van der Waals surface area contributed by atoms with Crippen LogP contribution in [0.4, 0.5) is 0 Å². The van der Waals surface area contributed by atoms with E-state index >= 15 is 0 Å². The van der Waals surface area contributed by atoms with Crippen LogP contribution in [0.15, 0.2) is 36.4 Å². The third kappa shape index (κ3) is 3.95. The molecular weight excluding hydrogens is 272 g/mol. The summed E-state index contributed by atoms with van der Waals surface area (Å²) >= 11 is 6.15. The summed E-state index contributed by atoms with van der Waals surface area (Å²) in [7, 11) is 0. The lowest BCUT2D eigenvalue weighted by Gasteiger charge is -2.15. The molecule has 0 bridgehead atoms. The lowest BCUT2D eigenvalue weighted by atomic mass is 10.1. The van der Waals surface area contributed by atoms with Gasteiger partial charge in [0.2, 0.25) is 0 Å². The summed E-state index contributed by atoms with van der Waals surface area (Å²) in [5.41, 5.74) is 2.70. The first-order chi connectivity index (χ1) is 9.56. The monoisotopic (exact) mass is 290 g/mol. The van der Waals surface area contributed by atoms with Crippen LogP contribution in [0.25, 0.3) is 0 Å². The average Bonchev–Trinajstić information content (AvgIpc) is 2.42. The molecule has 1 heterocycles. The fourth-order valence-corrected chi connectivity index (χ4v) is 2.28. The van der Waals surface area contributed by atoms with E-state index in [0.717, 1.165) is 22.7 Å². The molecule has 2 N–H and O–H groups in total. The Balaban J connectivity index is 1.94. The van der Waals surface area contributed by atoms with E-state index in [4.69, 9.17) is 11.6 Å². The zero-order valence-corrected chi connectivity index (χ0v) is 12.5. The Morgan fingerprint density at radius 3 is 2.75 bits per heavy atom. The quantitative estimate of drug-likeness (QED) is 0.886. The van der Waals surface area contributed by atoms with Crippen LogP contribution in [0, 0.1) is 6.92 Å². The summed E-state index contributed by atoms with van der Waals surface area (Å²) in [6.07, 6.45) is 0.840. The van der Waals surface area contributed by atoms with Gasteiger partial charge in [-0.1, -0.05) is 29.8 Å². The van der Waals surface area contributed by atoms with Gasteiger partial charge in [0.15, 0.2) is 0 Å². The predicted octanol–water partition coefficient (Wildman–Crippen LogP) is 3.47. The lowest BCUT2D eigenvalue weighted by molar-refractivity contribution is 0.452. The summed E-state index contributed by atoms with van der Waals surface area (Å²) in [4.78, 5) is 4.33. The zero-order chi connectivity index (χ0) is 14.5. The van der Waals surface area contributed by atoms with Gasteiger partial charge in [0, 0.05) is 23.3 Å². The van der Waals surface area contributed by atoms with Crippen LogP contribution in [0.1, 0.15) is 23.9 Å². The molecule has 1 aromatic carbocycles. The van der Waals surface area contributed by atoms with Crippen molar-refractivity contribution in [3.05, 3.63) is 58.4 Å². The molecule has 2 aromatic rings. The number of benzene rings is 1. The van der Waals surface area contributed by atoms with Gasteiger partial charge >= 0.3 is 0 Å². The predicted molar refractivity (Wildman–Crippen MR) is 82.1 cm³/mol. The number of aromatic hydroxyl groups is 1. The average molecular weight is 291 g/mol. The van der Waals surface area contributed by atoms with E-state index in [1.165, 1.54) is 0 Å². The van der Waals surface area contributed by atoms with Crippen molar-refractivity contribution in [3.63, 3.8) is 0 Å². The van der Waals surface area contributed by atoms with Crippen LogP contribution in [-0.4, -0.2) is 16.1 Å². The first-order valence-electron chi connectivity index (χ1n) is 6.68. The summed E-state index contributed by atoms with van der Waals surface area (Å²) in [6, 6.07) is 11.6. The van der Waals surface area contributed by atoms with Crippen LogP contribution in [0.2, 0.25) is 5.02 Å². The number of aryl methyl sites for hydroxylation is 1. The maximum Gasteiger partial charge on any atom is 0.138 e. The Hall–Kier alpha value is -1.58. The van der Waals surface area contributed by atoms with Gasteiger partial charge in [-0.3, -0.25) is 4.98 Å². The van der Waals surface area contributed by atoms with E-state index in [2.05, 4.69) is 17.2 Å². The van der Waals surface area contributed by atoms with Crippen LogP contribution in [0.5, 0.6) is 5.75 Å². The summed E-state index contributed by atoms with van der Waals surface area (Å²) in [5.74, 6) is 0.230. The number of rotatable bonds is 5. The number of aromatic nitrogens is 1. The molecule has 0 saturated carbocycles. The number of pyridine rings is 1. The molecule has 1 unspecified atom stereocenters. The van der Waals surface area contributed by atoms with Gasteiger partial charge < -0.3 is 10.4 Å². The molecule has 1 atom stereocenters. The fourth-order valence-electron chi connectivity index (χ4n) is 2.07. The SMILES string of the molecule is Cc1ccc(O)c(CNC(C)Cc2ccccc2Cl)n1. The highest BCUT2D eigenvalue weighted by molar-refractivity contribution is 6.31. The van der Waals surface area contributed by atoms with Gasteiger partial charge in [-0.05, 0) is 44.0 Å². The molecule has 0 aliphatic carbocycles. The van der Waals surface area contributed by atoms with Crippen molar-refractivity contribution in [2.24, 2.45) is 0 Å². The summed E-state index contributed by atoms with van der Waals surface area (Å²) in [5, 5.41) is 13.9. The molecule has 106 valence electrons. The minimum Gasteiger partial charge on any atom is -0.506 e. The van der Waals surface area contributed by atoms with Crippen molar-refractivity contribution < 1.29 is 5.11 Å². The highest BCUT2D eigenvalue weighted by Gasteiger charge is 2.08. The minimum absolute atomic E-state index is 0.230. The normalized spacial score (nSPS) is 12.3. The van der Waals surface area contributed by atoms with E-state index in [0.29, 0.717) is 12.2 Å². The van der Waals surface area contributed by atoms with Crippen LogP contribution >= 0.6 is 11.6 Å². The first kappa shape index (κ1) is 14.8. The molecule has 0 aliphatic heterocycles. The molecule has 3 nitrogen and oxygen atoms in total. The number of halogens is 1. The number of hydrogen-bond acceptors (Lipinski definition) is 3. The van der Waals surface area contributed by atoms with Crippen molar-refractivity contribution in [3.8, 4) is 5.75 Å². The molecule has 2 rings (SSSR count). The number of hydrogen-bond donors (Lipinski definition) is 2. The maximum atomic E-state index is 9.76. The van der Waals surface area contributed by atoms with Crippen molar-refractivity contribution in [1.29, 1.82) is 0 Å². The van der Waals surface area contributed by atoms with Crippen molar-refractivity contribution >= 4 is 11.6 Å². The molecule has 0 aliphatic rings. The van der Waals surface area contributed by atoms with Gasteiger partial charge in [0.25, 0.3) is 0 Å². The van der Waals surface area contributed by atoms with Crippen LogP contribution < -0.4 is 5.32 Å². The summed E-state index contributed by atoms with van der Waals surface area (Å²) < 4.78 is 0. The Bertz CT molecular complexity index is 586. The van der Waals surface area contributed by atoms with E-state index in [1.54, 1.807) is 12.1 Å². The lowest BCUT2D eigenvalue weighted by Crippen LogP contribution is -2.28. The zero-order valence-electron chi connectivity index (χ0n) is 11.7. The Morgan fingerprint density at radius 2 is 2.00 bits per heavy atom. The van der Waals surface area contributed by atoms with E-state index in [1.807, 2.05) is 31.2 Å². The largest absolute Gasteiger partial charge is 0.506 e. The van der Waals surface area contributed by atoms with Gasteiger partial charge in [-0.25, -0.2) is 0 Å². The second-order valence-corrected chi connectivity index (χ2v) is 5.40.